The van der Waals surface area contributed by atoms with Crippen molar-refractivity contribution in [2.75, 3.05) is 13.7 Å². The van der Waals surface area contributed by atoms with Crippen LogP contribution in [-0.2, 0) is 4.74 Å². The van der Waals surface area contributed by atoms with Crippen LogP contribution in [-0.4, -0.2) is 25.5 Å². The Morgan fingerprint density at radius 1 is 1.04 bits per heavy atom. The van der Waals surface area contributed by atoms with E-state index in [1.54, 1.807) is 37.3 Å². The number of ether oxygens (including phenoxy) is 2. The number of hydrogen-bond acceptors (Lipinski definition) is 5. The largest absolute Gasteiger partial charge is 0.496 e. The van der Waals surface area contributed by atoms with Gasteiger partial charge in [0.05, 0.1) is 12.7 Å². The van der Waals surface area contributed by atoms with E-state index >= 15 is 0 Å². The molecule has 5 nitrogen and oxygen atoms in total. The number of methoxy groups -OCH3 is 1. The van der Waals surface area contributed by atoms with E-state index in [0.29, 0.717) is 22.5 Å². The van der Waals surface area contributed by atoms with Crippen molar-refractivity contribution in [2.24, 2.45) is 0 Å². The van der Waals surface area contributed by atoms with Gasteiger partial charge in [0.1, 0.15) is 11.3 Å². The van der Waals surface area contributed by atoms with Crippen LogP contribution in [0.3, 0.4) is 0 Å². The predicted octanol–water partition coefficient (Wildman–Crippen LogP) is 3.79. The summed E-state index contributed by atoms with van der Waals surface area (Å²) in [6, 6.07) is 14.1. The number of para-hydroxylation sites is 2. The van der Waals surface area contributed by atoms with Crippen LogP contribution in [0, 0.1) is 6.92 Å². The number of furan rings is 1. The summed E-state index contributed by atoms with van der Waals surface area (Å²) in [7, 11) is 1.48. The van der Waals surface area contributed by atoms with Gasteiger partial charge >= 0.3 is 5.97 Å². The number of carbonyl (C=O) groups excluding carboxylic acids is 2. The maximum atomic E-state index is 12.2. The second-order valence-corrected chi connectivity index (χ2v) is 5.25. The Hall–Kier alpha value is -3.08. The van der Waals surface area contributed by atoms with Crippen LogP contribution in [0.25, 0.3) is 11.0 Å². The fourth-order valence-corrected chi connectivity index (χ4v) is 2.52. The molecule has 0 aliphatic heterocycles. The van der Waals surface area contributed by atoms with Crippen LogP contribution < -0.4 is 4.74 Å². The summed E-state index contributed by atoms with van der Waals surface area (Å²) in [6.45, 7) is 1.40. The molecular weight excluding hydrogens is 308 g/mol. The van der Waals surface area contributed by atoms with Crippen LogP contribution in [0.5, 0.6) is 5.75 Å². The van der Waals surface area contributed by atoms with Crippen molar-refractivity contribution >= 4 is 22.7 Å². The quantitative estimate of drug-likeness (QED) is 0.528. The van der Waals surface area contributed by atoms with Gasteiger partial charge in [-0.25, -0.2) is 4.79 Å². The summed E-state index contributed by atoms with van der Waals surface area (Å²) >= 11 is 0. The van der Waals surface area contributed by atoms with Gasteiger partial charge in [0.2, 0.25) is 11.5 Å². The van der Waals surface area contributed by atoms with E-state index in [4.69, 9.17) is 13.9 Å². The van der Waals surface area contributed by atoms with Gasteiger partial charge in [-0.2, -0.15) is 0 Å². The molecule has 1 aromatic heterocycles. The number of carbonyl (C=O) groups is 2. The van der Waals surface area contributed by atoms with Crippen molar-refractivity contribution in [3.8, 4) is 5.75 Å². The lowest BCUT2D eigenvalue weighted by Gasteiger charge is -2.07. The van der Waals surface area contributed by atoms with Gasteiger partial charge < -0.3 is 13.9 Å². The molecule has 0 bridgehead atoms. The molecule has 5 heteroatoms. The number of benzene rings is 2. The first-order chi connectivity index (χ1) is 11.6. The van der Waals surface area contributed by atoms with Crippen LogP contribution in [0.4, 0.5) is 0 Å². The van der Waals surface area contributed by atoms with Crippen LogP contribution >= 0.6 is 0 Å². The molecule has 3 rings (SSSR count). The molecule has 0 aliphatic rings. The molecule has 0 unspecified atom stereocenters. The maximum absolute atomic E-state index is 12.2. The maximum Gasteiger partial charge on any atom is 0.375 e. The third kappa shape index (κ3) is 2.88. The van der Waals surface area contributed by atoms with E-state index in [2.05, 4.69) is 0 Å². The normalized spacial score (nSPS) is 10.6. The summed E-state index contributed by atoms with van der Waals surface area (Å²) in [6.07, 6.45) is 0. The Bertz CT molecular complexity index is 907. The molecule has 0 saturated carbocycles. The van der Waals surface area contributed by atoms with Gasteiger partial charge in [-0.1, -0.05) is 30.3 Å². The highest BCUT2D eigenvalue weighted by atomic mass is 16.5. The van der Waals surface area contributed by atoms with E-state index in [1.165, 1.54) is 7.11 Å². The number of Topliss-reactive ketones (excluding diaryl/α,β-unsaturated/α-hetero) is 1. The minimum atomic E-state index is -0.660. The standard InChI is InChI=1S/C19H16O5/c1-12-13-7-3-6-10-17(13)24-18(12)19(21)23-11-15(20)14-8-4-5-9-16(14)22-2/h3-10H,11H2,1-2H3. The average molecular weight is 324 g/mol. The number of fused-ring (bicyclic) bond motifs is 1. The minimum absolute atomic E-state index is 0.115. The smallest absolute Gasteiger partial charge is 0.375 e. The summed E-state index contributed by atoms with van der Waals surface area (Å²) in [5.41, 5.74) is 1.67. The van der Waals surface area contributed by atoms with Crippen molar-refractivity contribution in [3.63, 3.8) is 0 Å². The van der Waals surface area contributed by atoms with Crippen molar-refractivity contribution < 1.29 is 23.5 Å². The molecule has 1 heterocycles. The molecular formula is C19H16O5. The Morgan fingerprint density at radius 3 is 2.50 bits per heavy atom. The van der Waals surface area contributed by atoms with Crippen LogP contribution in [0.15, 0.2) is 52.9 Å². The van der Waals surface area contributed by atoms with E-state index < -0.39 is 5.97 Å². The summed E-state index contributed by atoms with van der Waals surface area (Å²) in [4.78, 5) is 24.5. The molecule has 3 aromatic rings. The first-order valence-corrected chi connectivity index (χ1v) is 7.43. The van der Waals surface area contributed by atoms with Gasteiger partial charge in [-0.3, -0.25) is 4.79 Å². The highest BCUT2D eigenvalue weighted by molar-refractivity contribution is 6.02. The van der Waals surface area contributed by atoms with E-state index in [-0.39, 0.29) is 18.2 Å². The fourth-order valence-electron chi connectivity index (χ4n) is 2.52. The molecule has 0 radical (unpaired) electrons. The molecule has 0 N–H and O–H groups in total. The zero-order valence-electron chi connectivity index (χ0n) is 13.4. The zero-order valence-corrected chi connectivity index (χ0v) is 13.4. The first kappa shape index (κ1) is 15.8. The Balaban J connectivity index is 1.75. The molecule has 0 spiro atoms. The Kier molecular flexibility index (Phi) is 4.33. The lowest BCUT2D eigenvalue weighted by Crippen LogP contribution is -2.15. The third-order valence-electron chi connectivity index (χ3n) is 3.77. The number of rotatable bonds is 5. The first-order valence-electron chi connectivity index (χ1n) is 7.43. The highest BCUT2D eigenvalue weighted by Gasteiger charge is 2.21. The SMILES string of the molecule is COc1ccccc1C(=O)COC(=O)c1oc2ccccc2c1C. The van der Waals surface area contributed by atoms with Gasteiger partial charge in [-0.15, -0.1) is 0 Å². The molecule has 24 heavy (non-hydrogen) atoms. The van der Waals surface area contributed by atoms with Crippen molar-refractivity contribution in [2.45, 2.75) is 6.92 Å². The lowest BCUT2D eigenvalue weighted by molar-refractivity contribution is 0.0444. The Morgan fingerprint density at radius 2 is 1.75 bits per heavy atom. The van der Waals surface area contributed by atoms with Crippen molar-refractivity contribution in [1.82, 2.24) is 0 Å². The van der Waals surface area contributed by atoms with E-state index in [1.807, 2.05) is 18.2 Å². The van der Waals surface area contributed by atoms with Gasteiger partial charge in [0, 0.05) is 10.9 Å². The van der Waals surface area contributed by atoms with Crippen LogP contribution in [0.2, 0.25) is 0 Å². The van der Waals surface area contributed by atoms with Gasteiger partial charge in [0.25, 0.3) is 0 Å². The second-order valence-electron chi connectivity index (χ2n) is 5.25. The van der Waals surface area contributed by atoms with E-state index in [9.17, 15) is 9.59 Å². The molecule has 0 saturated heterocycles. The predicted molar refractivity (Wildman–Crippen MR) is 88.6 cm³/mol. The summed E-state index contributed by atoms with van der Waals surface area (Å²) in [5.74, 6) is -0.441. The van der Waals surface area contributed by atoms with Crippen molar-refractivity contribution in [3.05, 3.63) is 65.4 Å². The molecule has 0 fully saturated rings. The monoisotopic (exact) mass is 324 g/mol. The summed E-state index contributed by atoms with van der Waals surface area (Å²) < 4.78 is 15.8. The summed E-state index contributed by atoms with van der Waals surface area (Å²) in [5, 5.41) is 0.848. The van der Waals surface area contributed by atoms with Crippen LogP contribution in [0.1, 0.15) is 26.5 Å². The number of hydrogen-bond donors (Lipinski definition) is 0. The average Bonchev–Trinajstić information content (AvgIpc) is 2.96. The number of esters is 1. The molecule has 0 aliphatic carbocycles. The number of ketones is 1. The molecule has 2 aromatic carbocycles. The minimum Gasteiger partial charge on any atom is -0.496 e. The highest BCUT2D eigenvalue weighted by Crippen LogP contribution is 2.25. The van der Waals surface area contributed by atoms with Gasteiger partial charge in [0.15, 0.2) is 6.61 Å². The molecule has 122 valence electrons. The molecule has 0 atom stereocenters. The van der Waals surface area contributed by atoms with Crippen molar-refractivity contribution in [1.29, 1.82) is 0 Å². The Labute approximate surface area is 138 Å². The van der Waals surface area contributed by atoms with Gasteiger partial charge in [-0.05, 0) is 25.1 Å². The third-order valence-corrected chi connectivity index (χ3v) is 3.77. The fraction of sp³-hybridized carbons (Fsp3) is 0.158. The topological polar surface area (TPSA) is 65.7 Å². The van der Waals surface area contributed by atoms with E-state index in [0.717, 1.165) is 5.39 Å². The lowest BCUT2D eigenvalue weighted by atomic mass is 10.1. The zero-order chi connectivity index (χ0) is 17.1. The second kappa shape index (κ2) is 6.58. The number of aryl methyl sites for hydroxylation is 1. The molecule has 0 amide bonds.